The molecule has 0 saturated heterocycles. The second-order valence-electron chi connectivity index (χ2n) is 15.1. The van der Waals surface area contributed by atoms with Crippen molar-refractivity contribution in [1.82, 2.24) is 0 Å². The molecule has 0 atom stereocenters. The van der Waals surface area contributed by atoms with Crippen LogP contribution in [0, 0.1) is 0 Å². The first kappa shape index (κ1) is 30.8. The van der Waals surface area contributed by atoms with Gasteiger partial charge in [-0.2, -0.15) is 0 Å². The zero-order chi connectivity index (χ0) is 35.0. The molecular weight excluding hydrogens is 625 g/mol. The van der Waals surface area contributed by atoms with Crippen molar-refractivity contribution in [1.29, 1.82) is 0 Å². The fraction of sp³-hybridized carbons (Fsp3) is 0.115. The van der Waals surface area contributed by atoms with E-state index in [1.165, 1.54) is 104 Å². The lowest BCUT2D eigenvalue weighted by Crippen LogP contribution is -2.14. The molecule has 0 radical (unpaired) electrons. The highest BCUT2D eigenvalue weighted by molar-refractivity contribution is 6.30. The van der Waals surface area contributed by atoms with Crippen molar-refractivity contribution in [3.63, 3.8) is 0 Å². The molecule has 0 unspecified atom stereocenters. The van der Waals surface area contributed by atoms with Gasteiger partial charge in [-0.3, -0.25) is 0 Å². The lowest BCUT2D eigenvalue weighted by molar-refractivity contribution is 0.660. The van der Waals surface area contributed by atoms with Crippen LogP contribution < -0.4 is 0 Å². The van der Waals surface area contributed by atoms with E-state index in [1.807, 2.05) is 0 Å². The van der Waals surface area contributed by atoms with Crippen LogP contribution in [0.5, 0.6) is 0 Å². The smallest absolute Gasteiger partial charge is 0.0159 e. The van der Waals surface area contributed by atoms with Gasteiger partial charge in [0.25, 0.3) is 0 Å². The van der Waals surface area contributed by atoms with Crippen LogP contribution in [0.3, 0.4) is 0 Å². The average Bonchev–Trinajstić information content (AvgIpc) is 3.42. The van der Waals surface area contributed by atoms with Gasteiger partial charge in [0, 0.05) is 5.41 Å². The minimum absolute atomic E-state index is 0.0661. The topological polar surface area (TPSA) is 0 Å². The highest BCUT2D eigenvalue weighted by atomic mass is 14.4. The van der Waals surface area contributed by atoms with Crippen LogP contribution in [0.1, 0.15) is 43.9 Å². The highest BCUT2D eigenvalue weighted by Crippen LogP contribution is 2.53. The Morgan fingerprint density at radius 2 is 0.750 bits per heavy atom. The molecule has 0 N–H and O–H groups in total. The largest absolute Gasteiger partial charge is 0.0651 e. The molecule has 0 nitrogen and oxygen atoms in total. The lowest BCUT2D eigenvalue weighted by Gasteiger charge is -2.24. The van der Waals surface area contributed by atoms with Crippen LogP contribution in [-0.4, -0.2) is 0 Å². The van der Waals surface area contributed by atoms with E-state index < -0.39 is 0 Å². The Labute approximate surface area is 306 Å². The number of hydrogen-bond acceptors (Lipinski definition) is 0. The molecule has 1 aliphatic carbocycles. The van der Waals surface area contributed by atoms with E-state index in [4.69, 9.17) is 0 Å². The molecule has 0 bridgehead atoms. The predicted octanol–water partition coefficient (Wildman–Crippen LogP) is 14.6. The van der Waals surface area contributed by atoms with Gasteiger partial charge < -0.3 is 0 Å². The van der Waals surface area contributed by atoms with Gasteiger partial charge in [-0.1, -0.05) is 185 Å². The standard InChI is InChI=1S/C52H40/c1-4-15-33-26-28-34(29-27-33)48-38-17-5-9-21-42(38)50(43-22-10-6-18-39(43)48)51-44-23-11-7-19-40(44)49(41-20-8-12-24-45(41)51)35-30-31-37-36-16-13-14-25-46(36)52(2,3)47(37)32-35/h5-14,16-32H,4,15H2,1-3H3. The summed E-state index contributed by atoms with van der Waals surface area (Å²) in [5.41, 5.74) is 14.6. The molecule has 9 aromatic rings. The highest BCUT2D eigenvalue weighted by Gasteiger charge is 2.35. The Morgan fingerprint density at radius 1 is 0.365 bits per heavy atom. The molecule has 0 amide bonds. The van der Waals surface area contributed by atoms with Gasteiger partial charge >= 0.3 is 0 Å². The van der Waals surface area contributed by atoms with Crippen molar-refractivity contribution < 1.29 is 0 Å². The maximum absolute atomic E-state index is 2.48. The quantitative estimate of drug-likeness (QED) is 0.161. The number of benzene rings is 9. The van der Waals surface area contributed by atoms with E-state index in [-0.39, 0.29) is 5.41 Å². The van der Waals surface area contributed by atoms with Crippen molar-refractivity contribution in [3.05, 3.63) is 180 Å². The molecule has 0 fully saturated rings. The maximum Gasteiger partial charge on any atom is 0.0159 e. The van der Waals surface area contributed by atoms with Crippen molar-refractivity contribution in [2.45, 2.75) is 39.0 Å². The summed E-state index contributed by atoms with van der Waals surface area (Å²) in [4.78, 5) is 0. The van der Waals surface area contributed by atoms with E-state index in [2.05, 4.69) is 185 Å². The van der Waals surface area contributed by atoms with Gasteiger partial charge in [-0.25, -0.2) is 0 Å². The van der Waals surface area contributed by atoms with Gasteiger partial charge in [-0.15, -0.1) is 0 Å². The summed E-state index contributed by atoms with van der Waals surface area (Å²) in [5.74, 6) is 0. The third-order valence-corrected chi connectivity index (χ3v) is 11.8. The number of hydrogen-bond donors (Lipinski definition) is 0. The van der Waals surface area contributed by atoms with Crippen molar-refractivity contribution in [2.75, 3.05) is 0 Å². The van der Waals surface area contributed by atoms with E-state index in [9.17, 15) is 0 Å². The molecule has 9 aromatic carbocycles. The summed E-state index contributed by atoms with van der Waals surface area (Å²) in [6.45, 7) is 7.00. The van der Waals surface area contributed by atoms with Crippen molar-refractivity contribution in [3.8, 4) is 44.5 Å². The summed E-state index contributed by atoms with van der Waals surface area (Å²) in [5, 5.41) is 10.3. The second kappa shape index (κ2) is 11.8. The zero-order valence-electron chi connectivity index (χ0n) is 30.0. The third kappa shape index (κ3) is 4.47. The SMILES string of the molecule is CCCc1ccc(-c2c3ccccc3c(-c3c4ccccc4c(-c4ccc5c(c4)C(C)(C)c4ccccc4-5)c4ccccc34)c3ccccc23)cc1. The van der Waals surface area contributed by atoms with Crippen molar-refractivity contribution >= 4 is 43.1 Å². The molecule has 0 aliphatic heterocycles. The molecule has 52 heavy (non-hydrogen) atoms. The normalized spacial score (nSPS) is 13.2. The van der Waals surface area contributed by atoms with Crippen LogP contribution >= 0.6 is 0 Å². The number of rotatable bonds is 5. The van der Waals surface area contributed by atoms with Gasteiger partial charge in [0.15, 0.2) is 0 Å². The van der Waals surface area contributed by atoms with Gasteiger partial charge in [-0.05, 0) is 117 Å². The Bertz CT molecular complexity index is 2750. The van der Waals surface area contributed by atoms with Gasteiger partial charge in [0.1, 0.15) is 0 Å². The molecule has 248 valence electrons. The Kier molecular flexibility index (Phi) is 6.99. The monoisotopic (exact) mass is 664 g/mol. The molecule has 0 spiro atoms. The Morgan fingerprint density at radius 3 is 1.23 bits per heavy atom. The van der Waals surface area contributed by atoms with E-state index in [0.29, 0.717) is 0 Å². The molecule has 0 aromatic heterocycles. The molecule has 0 saturated carbocycles. The van der Waals surface area contributed by atoms with Crippen LogP contribution in [0.15, 0.2) is 164 Å². The summed E-state index contributed by atoms with van der Waals surface area (Å²) in [6, 6.07) is 61.7. The summed E-state index contributed by atoms with van der Waals surface area (Å²) >= 11 is 0. The van der Waals surface area contributed by atoms with Gasteiger partial charge in [0.05, 0.1) is 0 Å². The predicted molar refractivity (Wildman–Crippen MR) is 224 cm³/mol. The first-order chi connectivity index (χ1) is 25.5. The minimum atomic E-state index is -0.0661. The molecule has 1 aliphatic rings. The minimum Gasteiger partial charge on any atom is -0.0651 e. The second-order valence-corrected chi connectivity index (χ2v) is 15.1. The van der Waals surface area contributed by atoms with Crippen LogP contribution in [0.4, 0.5) is 0 Å². The van der Waals surface area contributed by atoms with Crippen molar-refractivity contribution in [2.24, 2.45) is 0 Å². The first-order valence-electron chi connectivity index (χ1n) is 18.8. The Balaban J connectivity index is 1.29. The zero-order valence-corrected chi connectivity index (χ0v) is 30.0. The van der Waals surface area contributed by atoms with E-state index >= 15 is 0 Å². The summed E-state index contributed by atoms with van der Waals surface area (Å²) < 4.78 is 0. The average molecular weight is 665 g/mol. The summed E-state index contributed by atoms with van der Waals surface area (Å²) in [7, 11) is 0. The van der Waals surface area contributed by atoms with Crippen LogP contribution in [-0.2, 0) is 11.8 Å². The Hall–Kier alpha value is -5.98. The number of fused-ring (bicyclic) bond motifs is 7. The summed E-state index contributed by atoms with van der Waals surface area (Å²) in [6.07, 6.45) is 2.26. The number of aryl methyl sites for hydroxylation is 1. The van der Waals surface area contributed by atoms with E-state index in [0.717, 1.165) is 12.8 Å². The lowest BCUT2D eigenvalue weighted by atomic mass is 9.79. The van der Waals surface area contributed by atoms with Gasteiger partial charge in [0.2, 0.25) is 0 Å². The first-order valence-corrected chi connectivity index (χ1v) is 18.8. The van der Waals surface area contributed by atoms with E-state index in [1.54, 1.807) is 0 Å². The molecule has 0 heterocycles. The maximum atomic E-state index is 2.48. The fourth-order valence-corrected chi connectivity index (χ4v) is 9.40. The molecular formula is C52H40. The van der Waals surface area contributed by atoms with Crippen LogP contribution in [0.2, 0.25) is 0 Å². The molecule has 10 rings (SSSR count). The van der Waals surface area contributed by atoms with Crippen LogP contribution in [0.25, 0.3) is 87.6 Å². The third-order valence-electron chi connectivity index (χ3n) is 11.8. The fourth-order valence-electron chi connectivity index (χ4n) is 9.40. The molecule has 0 heteroatoms.